The first-order chi connectivity index (χ1) is 8.75. The number of fused-ring (bicyclic) bond motifs is 1. The van der Waals surface area contributed by atoms with Gasteiger partial charge in [0, 0.05) is 12.0 Å². The SMILES string of the molecule is O=C1CCCCCCC2C=C(CCCO1)C(=O)O2. The number of ether oxygens (including phenoxy) is 2. The maximum Gasteiger partial charge on any atom is 0.334 e. The van der Waals surface area contributed by atoms with Crippen LogP contribution in [-0.2, 0) is 19.1 Å². The lowest BCUT2D eigenvalue weighted by Crippen LogP contribution is -2.08. The molecule has 2 rings (SSSR count). The fraction of sp³-hybridized carbons (Fsp3) is 0.714. The Morgan fingerprint density at radius 1 is 1.00 bits per heavy atom. The van der Waals surface area contributed by atoms with Gasteiger partial charge < -0.3 is 9.47 Å². The summed E-state index contributed by atoms with van der Waals surface area (Å²) in [4.78, 5) is 22.9. The summed E-state index contributed by atoms with van der Waals surface area (Å²) in [7, 11) is 0. The van der Waals surface area contributed by atoms with Crippen LogP contribution in [0.1, 0.15) is 51.4 Å². The van der Waals surface area contributed by atoms with Crippen molar-refractivity contribution in [1.82, 2.24) is 0 Å². The van der Waals surface area contributed by atoms with Crippen LogP contribution in [0.5, 0.6) is 0 Å². The minimum Gasteiger partial charge on any atom is -0.466 e. The molecule has 0 saturated heterocycles. The second-order valence-electron chi connectivity index (χ2n) is 4.91. The Morgan fingerprint density at radius 3 is 2.72 bits per heavy atom. The molecular weight excluding hydrogens is 232 g/mol. The van der Waals surface area contributed by atoms with Crippen molar-refractivity contribution in [2.45, 2.75) is 57.5 Å². The summed E-state index contributed by atoms with van der Waals surface area (Å²) in [5, 5.41) is 0. The molecule has 0 aromatic carbocycles. The van der Waals surface area contributed by atoms with Crippen molar-refractivity contribution in [3.63, 3.8) is 0 Å². The van der Waals surface area contributed by atoms with Crippen molar-refractivity contribution in [3.8, 4) is 0 Å². The number of carbonyl (C=O) groups is 2. The van der Waals surface area contributed by atoms with Gasteiger partial charge in [0.05, 0.1) is 6.61 Å². The summed E-state index contributed by atoms with van der Waals surface area (Å²) in [5.41, 5.74) is 0.744. The lowest BCUT2D eigenvalue weighted by molar-refractivity contribution is -0.143. The average molecular weight is 252 g/mol. The van der Waals surface area contributed by atoms with Crippen LogP contribution in [0.25, 0.3) is 0 Å². The molecule has 2 bridgehead atoms. The van der Waals surface area contributed by atoms with Crippen LogP contribution in [0.3, 0.4) is 0 Å². The van der Waals surface area contributed by atoms with Gasteiger partial charge in [-0.3, -0.25) is 4.79 Å². The summed E-state index contributed by atoms with van der Waals surface area (Å²) < 4.78 is 10.4. The molecule has 0 aliphatic carbocycles. The summed E-state index contributed by atoms with van der Waals surface area (Å²) in [6, 6.07) is 0. The molecular formula is C14H20O4. The summed E-state index contributed by atoms with van der Waals surface area (Å²) in [5.74, 6) is -0.311. The van der Waals surface area contributed by atoms with Crippen molar-refractivity contribution in [2.75, 3.05) is 6.61 Å². The van der Waals surface area contributed by atoms with E-state index in [0.717, 1.165) is 37.7 Å². The zero-order chi connectivity index (χ0) is 12.8. The molecule has 0 aromatic rings. The molecule has 18 heavy (non-hydrogen) atoms. The molecule has 4 nitrogen and oxygen atoms in total. The molecule has 4 heteroatoms. The number of hydrogen-bond acceptors (Lipinski definition) is 4. The highest BCUT2D eigenvalue weighted by molar-refractivity contribution is 5.90. The van der Waals surface area contributed by atoms with Crippen LogP contribution in [0.4, 0.5) is 0 Å². The van der Waals surface area contributed by atoms with E-state index in [1.807, 2.05) is 6.08 Å². The molecule has 1 unspecified atom stereocenters. The number of rotatable bonds is 0. The van der Waals surface area contributed by atoms with E-state index >= 15 is 0 Å². The smallest absolute Gasteiger partial charge is 0.334 e. The number of esters is 2. The number of carbonyl (C=O) groups excluding carboxylic acids is 2. The van der Waals surface area contributed by atoms with Crippen LogP contribution < -0.4 is 0 Å². The van der Waals surface area contributed by atoms with Gasteiger partial charge in [-0.15, -0.1) is 0 Å². The van der Waals surface area contributed by atoms with E-state index in [0.29, 0.717) is 25.9 Å². The van der Waals surface area contributed by atoms with Gasteiger partial charge in [0.1, 0.15) is 6.10 Å². The van der Waals surface area contributed by atoms with Gasteiger partial charge in [-0.05, 0) is 38.2 Å². The Kier molecular flexibility index (Phi) is 4.79. The van der Waals surface area contributed by atoms with E-state index in [4.69, 9.17) is 9.47 Å². The summed E-state index contributed by atoms with van der Waals surface area (Å²) in [6.07, 6.45) is 8.70. The molecule has 0 fully saturated rings. The van der Waals surface area contributed by atoms with E-state index in [1.54, 1.807) is 0 Å². The summed E-state index contributed by atoms with van der Waals surface area (Å²) in [6.45, 7) is 0.397. The third-order valence-electron chi connectivity index (χ3n) is 3.38. The second-order valence-corrected chi connectivity index (χ2v) is 4.91. The maximum absolute atomic E-state index is 11.6. The highest BCUT2D eigenvalue weighted by Crippen LogP contribution is 2.22. The average Bonchev–Trinajstić information content (AvgIpc) is 2.69. The summed E-state index contributed by atoms with van der Waals surface area (Å²) >= 11 is 0. The zero-order valence-corrected chi connectivity index (χ0v) is 10.7. The largest absolute Gasteiger partial charge is 0.466 e. The molecule has 0 aromatic heterocycles. The first kappa shape index (κ1) is 13.1. The molecule has 0 saturated carbocycles. The van der Waals surface area contributed by atoms with Gasteiger partial charge in [0.25, 0.3) is 0 Å². The van der Waals surface area contributed by atoms with Gasteiger partial charge in [0.2, 0.25) is 0 Å². The normalized spacial score (nSPS) is 26.9. The van der Waals surface area contributed by atoms with Crippen LogP contribution >= 0.6 is 0 Å². The van der Waals surface area contributed by atoms with Crippen molar-refractivity contribution in [1.29, 1.82) is 0 Å². The zero-order valence-electron chi connectivity index (χ0n) is 10.7. The van der Waals surface area contributed by atoms with E-state index in [9.17, 15) is 9.59 Å². The van der Waals surface area contributed by atoms with E-state index < -0.39 is 0 Å². The monoisotopic (exact) mass is 252 g/mol. The molecule has 0 spiro atoms. The van der Waals surface area contributed by atoms with Crippen molar-refractivity contribution < 1.29 is 19.1 Å². The molecule has 2 aliphatic rings. The van der Waals surface area contributed by atoms with Crippen molar-refractivity contribution in [3.05, 3.63) is 11.6 Å². The fourth-order valence-electron chi connectivity index (χ4n) is 2.36. The quantitative estimate of drug-likeness (QED) is 0.622. The first-order valence-corrected chi connectivity index (χ1v) is 6.83. The predicted molar refractivity (Wildman–Crippen MR) is 65.9 cm³/mol. The van der Waals surface area contributed by atoms with E-state index in [-0.39, 0.29) is 18.0 Å². The molecule has 0 amide bonds. The minimum atomic E-state index is -0.193. The van der Waals surface area contributed by atoms with Gasteiger partial charge in [-0.1, -0.05) is 12.8 Å². The molecule has 0 N–H and O–H groups in total. The van der Waals surface area contributed by atoms with E-state index in [1.165, 1.54) is 0 Å². The van der Waals surface area contributed by atoms with Crippen molar-refractivity contribution >= 4 is 11.9 Å². The predicted octanol–water partition coefficient (Wildman–Crippen LogP) is 2.52. The Hall–Kier alpha value is -1.32. The Morgan fingerprint density at radius 2 is 1.83 bits per heavy atom. The first-order valence-electron chi connectivity index (χ1n) is 6.83. The lowest BCUT2D eigenvalue weighted by Gasteiger charge is -2.07. The third kappa shape index (κ3) is 3.86. The maximum atomic E-state index is 11.6. The van der Waals surface area contributed by atoms with Gasteiger partial charge in [-0.25, -0.2) is 4.79 Å². The van der Waals surface area contributed by atoms with Gasteiger partial charge in [0.15, 0.2) is 0 Å². The van der Waals surface area contributed by atoms with E-state index in [2.05, 4.69) is 0 Å². The number of hydrogen-bond donors (Lipinski definition) is 0. The standard InChI is InChI=1S/C14H20O4/c15-13-8-4-2-1-3-7-12-10-11(14(16)18-12)6-5-9-17-13/h10,12H,1-9H2. The second kappa shape index (κ2) is 6.57. The minimum absolute atomic E-state index is 0.0296. The molecule has 100 valence electrons. The Balaban J connectivity index is 1.89. The van der Waals surface area contributed by atoms with Crippen LogP contribution in [0.15, 0.2) is 11.6 Å². The van der Waals surface area contributed by atoms with Crippen LogP contribution in [0.2, 0.25) is 0 Å². The molecule has 1 atom stereocenters. The Labute approximate surface area is 107 Å². The third-order valence-corrected chi connectivity index (χ3v) is 3.38. The molecule has 2 aliphatic heterocycles. The highest BCUT2D eigenvalue weighted by Gasteiger charge is 2.24. The lowest BCUT2D eigenvalue weighted by atomic mass is 10.1. The van der Waals surface area contributed by atoms with Gasteiger partial charge >= 0.3 is 11.9 Å². The van der Waals surface area contributed by atoms with Gasteiger partial charge in [-0.2, -0.15) is 0 Å². The Bertz CT molecular complexity index is 346. The van der Waals surface area contributed by atoms with Crippen LogP contribution in [0, 0.1) is 0 Å². The number of cyclic esters (lactones) is 1. The molecule has 2 heterocycles. The highest BCUT2D eigenvalue weighted by atomic mass is 16.5. The van der Waals surface area contributed by atoms with Crippen LogP contribution in [-0.4, -0.2) is 24.6 Å². The molecule has 0 radical (unpaired) electrons. The fourth-order valence-corrected chi connectivity index (χ4v) is 2.36. The van der Waals surface area contributed by atoms with Crippen molar-refractivity contribution in [2.24, 2.45) is 0 Å². The topological polar surface area (TPSA) is 52.6 Å².